The number of nitrogen functional groups attached to an aromatic ring is 1. The molecule has 2 aliphatic heterocycles. The van der Waals surface area contributed by atoms with Gasteiger partial charge in [0.25, 0.3) is 6.43 Å². The zero-order valence-electron chi connectivity index (χ0n) is 16.5. The second-order valence-corrected chi connectivity index (χ2v) is 8.67. The van der Waals surface area contributed by atoms with Crippen molar-refractivity contribution in [1.29, 1.82) is 0 Å². The van der Waals surface area contributed by atoms with E-state index in [4.69, 9.17) is 20.2 Å². The molecule has 11 heteroatoms. The van der Waals surface area contributed by atoms with Crippen LogP contribution in [0.1, 0.15) is 18.9 Å². The van der Waals surface area contributed by atoms with Crippen LogP contribution >= 0.6 is 22.6 Å². The summed E-state index contributed by atoms with van der Waals surface area (Å²) in [4.78, 5) is 17.6. The lowest BCUT2D eigenvalue weighted by atomic mass is 10.1. The second-order valence-electron chi connectivity index (χ2n) is 7.23. The highest BCUT2D eigenvalue weighted by Gasteiger charge is 2.28. The van der Waals surface area contributed by atoms with Gasteiger partial charge in [0, 0.05) is 36.5 Å². The Kier molecular flexibility index (Phi) is 6.48. The van der Waals surface area contributed by atoms with E-state index in [-0.39, 0.29) is 27.0 Å². The van der Waals surface area contributed by atoms with E-state index in [1.807, 2.05) is 11.8 Å². The number of hydrogen-bond donors (Lipinski definition) is 1. The molecule has 0 amide bonds. The number of aromatic nitrogens is 3. The molecule has 4 heterocycles. The molecular formula is C19H23F2IN6O2. The first-order chi connectivity index (χ1) is 14.4. The van der Waals surface area contributed by atoms with Gasteiger partial charge in [0.05, 0.1) is 38.2 Å². The monoisotopic (exact) mass is 532 g/mol. The van der Waals surface area contributed by atoms with Crippen LogP contribution in [0.15, 0.2) is 18.3 Å². The molecule has 2 atom stereocenters. The minimum atomic E-state index is -2.70. The summed E-state index contributed by atoms with van der Waals surface area (Å²) >= 11 is 2.30. The first-order valence-corrected chi connectivity index (χ1v) is 10.9. The number of pyridine rings is 1. The standard InChI is InChI=1S/C19H23F2IN6O2/c1-11-9-29-4-2-27(11)19-25-14(13-8-24-16(23)6-12(13)18(20)21)7-17(26-19)28-3-5-30-10-15(28)22/h6-8,11,15,18H,2-5,9-10H2,1H3,(H2,23,24)/t11-,15+/m0/s1. The fourth-order valence-electron chi connectivity index (χ4n) is 3.57. The molecule has 0 aromatic carbocycles. The summed E-state index contributed by atoms with van der Waals surface area (Å²) in [5.74, 6) is 1.21. The predicted octanol–water partition coefficient (Wildman–Crippen LogP) is 2.88. The van der Waals surface area contributed by atoms with Crippen molar-refractivity contribution in [2.24, 2.45) is 0 Å². The minimum Gasteiger partial charge on any atom is -0.384 e. The number of halogens is 3. The molecule has 2 aliphatic rings. The van der Waals surface area contributed by atoms with Gasteiger partial charge in [-0.25, -0.2) is 18.7 Å². The molecule has 0 aliphatic carbocycles. The number of hydrogen-bond acceptors (Lipinski definition) is 8. The Bertz CT molecular complexity index is 865. The maximum atomic E-state index is 13.7. The summed E-state index contributed by atoms with van der Waals surface area (Å²) in [6.45, 7) is 5.57. The molecule has 162 valence electrons. The Labute approximate surface area is 186 Å². The summed E-state index contributed by atoms with van der Waals surface area (Å²) in [5.41, 5.74) is 6.11. The van der Waals surface area contributed by atoms with Crippen molar-refractivity contribution in [3.8, 4) is 11.3 Å². The molecule has 2 fully saturated rings. The van der Waals surface area contributed by atoms with Gasteiger partial charge in [-0.1, -0.05) is 22.6 Å². The third kappa shape index (κ3) is 4.42. The van der Waals surface area contributed by atoms with E-state index in [2.05, 4.69) is 37.5 Å². The van der Waals surface area contributed by atoms with E-state index in [1.54, 1.807) is 6.07 Å². The van der Waals surface area contributed by atoms with Crippen LogP contribution < -0.4 is 15.5 Å². The van der Waals surface area contributed by atoms with Crippen LogP contribution in [0.3, 0.4) is 0 Å². The normalized spacial score (nSPS) is 22.6. The molecule has 2 N–H and O–H groups in total. The Morgan fingerprint density at radius 2 is 1.87 bits per heavy atom. The van der Waals surface area contributed by atoms with Crippen LogP contribution in [-0.2, 0) is 9.47 Å². The summed E-state index contributed by atoms with van der Waals surface area (Å²) in [5, 5.41) is 0. The lowest BCUT2D eigenvalue weighted by molar-refractivity contribution is 0.0980. The largest absolute Gasteiger partial charge is 0.384 e. The number of morpholine rings is 2. The van der Waals surface area contributed by atoms with Crippen molar-refractivity contribution < 1.29 is 18.3 Å². The second kappa shape index (κ2) is 9.10. The number of nitrogens with zero attached hydrogens (tertiary/aromatic N) is 5. The Hall–Kier alpha value is -1.86. The van der Waals surface area contributed by atoms with Gasteiger partial charge in [-0.3, -0.25) is 0 Å². The number of anilines is 3. The van der Waals surface area contributed by atoms with Crippen molar-refractivity contribution in [3.05, 3.63) is 23.9 Å². The summed E-state index contributed by atoms with van der Waals surface area (Å²) in [7, 11) is 0. The van der Waals surface area contributed by atoms with Gasteiger partial charge >= 0.3 is 0 Å². The van der Waals surface area contributed by atoms with Crippen LogP contribution in [0.5, 0.6) is 0 Å². The number of rotatable bonds is 4. The maximum absolute atomic E-state index is 13.7. The van der Waals surface area contributed by atoms with E-state index < -0.39 is 6.43 Å². The van der Waals surface area contributed by atoms with Gasteiger partial charge in [-0.05, 0) is 13.0 Å². The van der Waals surface area contributed by atoms with Crippen LogP contribution in [0.4, 0.5) is 26.4 Å². The van der Waals surface area contributed by atoms with Gasteiger partial charge in [0.2, 0.25) is 5.95 Å². The van der Waals surface area contributed by atoms with E-state index in [0.29, 0.717) is 57.0 Å². The molecule has 2 aromatic heterocycles. The van der Waals surface area contributed by atoms with Crippen molar-refractivity contribution in [1.82, 2.24) is 15.0 Å². The number of ether oxygens (including phenoxy) is 2. The third-order valence-corrected chi connectivity index (χ3v) is 6.19. The maximum Gasteiger partial charge on any atom is 0.264 e. The SMILES string of the molecule is C[C@H]1COCCN1c1nc(-c2cnc(N)cc2C(F)F)cc(N2CCOC[C@@H]2I)n1. The fraction of sp³-hybridized carbons (Fsp3) is 0.526. The Balaban J connectivity index is 1.84. The Morgan fingerprint density at radius 3 is 2.57 bits per heavy atom. The highest BCUT2D eigenvalue weighted by molar-refractivity contribution is 14.1. The molecular weight excluding hydrogens is 509 g/mol. The summed E-state index contributed by atoms with van der Waals surface area (Å²) in [6.07, 6.45) is -1.34. The predicted molar refractivity (Wildman–Crippen MR) is 118 cm³/mol. The van der Waals surface area contributed by atoms with Crippen molar-refractivity contribution >= 4 is 40.2 Å². The van der Waals surface area contributed by atoms with E-state index >= 15 is 0 Å². The molecule has 8 nitrogen and oxygen atoms in total. The van der Waals surface area contributed by atoms with Gasteiger partial charge in [-0.15, -0.1) is 0 Å². The fourth-order valence-corrected chi connectivity index (χ4v) is 4.39. The van der Waals surface area contributed by atoms with Crippen molar-refractivity contribution in [2.75, 3.05) is 55.1 Å². The summed E-state index contributed by atoms with van der Waals surface area (Å²) in [6, 6.07) is 3.01. The number of alkyl halides is 3. The summed E-state index contributed by atoms with van der Waals surface area (Å²) < 4.78 is 38.6. The third-order valence-electron chi connectivity index (χ3n) is 5.16. The van der Waals surface area contributed by atoms with Crippen molar-refractivity contribution in [3.63, 3.8) is 0 Å². The van der Waals surface area contributed by atoms with E-state index in [9.17, 15) is 8.78 Å². The zero-order chi connectivity index (χ0) is 21.3. The Morgan fingerprint density at radius 1 is 1.13 bits per heavy atom. The van der Waals surface area contributed by atoms with Crippen LogP contribution in [0, 0.1) is 0 Å². The van der Waals surface area contributed by atoms with Crippen LogP contribution in [0.25, 0.3) is 11.3 Å². The molecule has 30 heavy (non-hydrogen) atoms. The lowest BCUT2D eigenvalue weighted by Gasteiger charge is -2.36. The quantitative estimate of drug-likeness (QED) is 0.366. The zero-order valence-corrected chi connectivity index (χ0v) is 18.6. The van der Waals surface area contributed by atoms with Crippen LogP contribution in [0.2, 0.25) is 0 Å². The number of nitrogens with two attached hydrogens (primary N) is 1. The molecule has 2 saturated heterocycles. The first-order valence-electron chi connectivity index (χ1n) is 9.70. The van der Waals surface area contributed by atoms with E-state index in [1.165, 1.54) is 12.3 Å². The molecule has 0 saturated carbocycles. The highest BCUT2D eigenvalue weighted by atomic mass is 127. The van der Waals surface area contributed by atoms with Gasteiger partial charge < -0.3 is 25.0 Å². The van der Waals surface area contributed by atoms with Gasteiger partial charge in [0.1, 0.15) is 15.7 Å². The molecule has 2 aromatic rings. The van der Waals surface area contributed by atoms with E-state index in [0.717, 1.165) is 0 Å². The van der Waals surface area contributed by atoms with Gasteiger partial charge in [0.15, 0.2) is 0 Å². The highest BCUT2D eigenvalue weighted by Crippen LogP contribution is 2.34. The van der Waals surface area contributed by atoms with Crippen molar-refractivity contribution in [2.45, 2.75) is 23.4 Å². The van der Waals surface area contributed by atoms with Crippen LogP contribution in [-0.4, -0.2) is 64.6 Å². The topological polar surface area (TPSA) is 89.6 Å². The molecule has 0 unspecified atom stereocenters. The molecule has 0 radical (unpaired) electrons. The average Bonchev–Trinajstić information content (AvgIpc) is 2.74. The molecule has 0 spiro atoms. The smallest absolute Gasteiger partial charge is 0.264 e. The average molecular weight is 532 g/mol. The van der Waals surface area contributed by atoms with Gasteiger partial charge in [-0.2, -0.15) is 4.98 Å². The minimum absolute atomic E-state index is 0.0471. The molecule has 4 rings (SSSR count). The first kappa shape index (κ1) is 21.4. The molecule has 0 bridgehead atoms. The lowest BCUT2D eigenvalue weighted by Crippen LogP contribution is -2.45.